The van der Waals surface area contributed by atoms with Gasteiger partial charge in [0.25, 0.3) is 0 Å². The number of benzene rings is 1. The van der Waals surface area contributed by atoms with E-state index in [4.69, 9.17) is 0 Å². The third-order valence-corrected chi connectivity index (χ3v) is 4.51. The van der Waals surface area contributed by atoms with Gasteiger partial charge in [-0.25, -0.2) is 0 Å². The second-order valence-electron chi connectivity index (χ2n) is 5.93. The first-order chi connectivity index (χ1) is 9.67. The molecule has 1 fully saturated rings. The third kappa shape index (κ3) is 3.13. The first-order valence-corrected chi connectivity index (χ1v) is 7.57. The van der Waals surface area contributed by atoms with Crippen molar-refractivity contribution >= 4 is 5.69 Å². The van der Waals surface area contributed by atoms with Gasteiger partial charge in [-0.2, -0.15) is 5.26 Å². The Morgan fingerprint density at radius 1 is 1.35 bits per heavy atom. The molecule has 0 heterocycles. The molecule has 2 unspecified atom stereocenters. The van der Waals surface area contributed by atoms with Crippen molar-refractivity contribution in [1.29, 1.82) is 5.26 Å². The Morgan fingerprint density at radius 2 is 2.10 bits per heavy atom. The van der Waals surface area contributed by atoms with Crippen LogP contribution in [0.25, 0.3) is 0 Å². The van der Waals surface area contributed by atoms with Gasteiger partial charge in [0, 0.05) is 19.6 Å². The molecule has 1 saturated carbocycles. The molecule has 0 bridgehead atoms. The Kier molecular flexibility index (Phi) is 5.03. The van der Waals surface area contributed by atoms with Crippen molar-refractivity contribution in [2.24, 2.45) is 5.92 Å². The van der Waals surface area contributed by atoms with E-state index in [1.54, 1.807) is 0 Å². The minimum absolute atomic E-state index is 0.561. The zero-order chi connectivity index (χ0) is 14.5. The van der Waals surface area contributed by atoms with Crippen molar-refractivity contribution in [3.8, 4) is 6.07 Å². The molecular formula is C17H25N3. The molecule has 0 saturated heterocycles. The maximum Gasteiger partial charge on any atom is 0.101 e. The molecule has 20 heavy (non-hydrogen) atoms. The highest BCUT2D eigenvalue weighted by Crippen LogP contribution is 2.32. The monoisotopic (exact) mass is 271 g/mol. The molecule has 3 heteroatoms. The van der Waals surface area contributed by atoms with Gasteiger partial charge in [-0.15, -0.1) is 0 Å². The summed E-state index contributed by atoms with van der Waals surface area (Å²) in [5.41, 5.74) is 3.03. The molecule has 0 spiro atoms. The van der Waals surface area contributed by atoms with Gasteiger partial charge in [0.05, 0.1) is 11.3 Å². The second kappa shape index (κ2) is 6.76. The normalized spacial score (nSPS) is 22.3. The smallest absolute Gasteiger partial charge is 0.101 e. The fourth-order valence-corrected chi connectivity index (χ4v) is 3.35. The number of anilines is 1. The van der Waals surface area contributed by atoms with E-state index in [1.807, 2.05) is 13.1 Å². The maximum absolute atomic E-state index is 9.43. The lowest BCUT2D eigenvalue weighted by Gasteiger charge is -2.38. The van der Waals surface area contributed by atoms with E-state index in [9.17, 15) is 5.26 Å². The molecule has 3 nitrogen and oxygen atoms in total. The summed E-state index contributed by atoms with van der Waals surface area (Å²) in [5.74, 6) is 0.706. The van der Waals surface area contributed by atoms with Crippen LogP contribution in [0.2, 0.25) is 0 Å². The Hall–Kier alpha value is -1.53. The molecule has 108 valence electrons. The first-order valence-electron chi connectivity index (χ1n) is 7.57. The van der Waals surface area contributed by atoms with Crippen LogP contribution in [0.5, 0.6) is 0 Å². The van der Waals surface area contributed by atoms with Crippen LogP contribution in [0.15, 0.2) is 18.2 Å². The average molecular weight is 271 g/mol. The molecule has 1 N–H and O–H groups in total. The Bertz CT molecular complexity index is 489. The van der Waals surface area contributed by atoms with Crippen LogP contribution in [0.3, 0.4) is 0 Å². The highest BCUT2D eigenvalue weighted by molar-refractivity contribution is 5.60. The topological polar surface area (TPSA) is 39.1 Å². The van der Waals surface area contributed by atoms with Crippen LogP contribution in [-0.4, -0.2) is 20.1 Å². The van der Waals surface area contributed by atoms with E-state index in [-0.39, 0.29) is 0 Å². The SMILES string of the molecule is CNCc1ccc(N(C)C2CCCCC2C)c(C#N)c1. The minimum Gasteiger partial charge on any atom is -0.370 e. The summed E-state index contributed by atoms with van der Waals surface area (Å²) in [5, 5.41) is 12.6. The fourth-order valence-electron chi connectivity index (χ4n) is 3.35. The van der Waals surface area contributed by atoms with Crippen molar-refractivity contribution in [2.75, 3.05) is 19.0 Å². The van der Waals surface area contributed by atoms with Crippen LogP contribution < -0.4 is 10.2 Å². The summed E-state index contributed by atoms with van der Waals surface area (Å²) >= 11 is 0. The predicted molar refractivity (Wildman–Crippen MR) is 83.7 cm³/mol. The van der Waals surface area contributed by atoms with E-state index in [0.29, 0.717) is 12.0 Å². The van der Waals surface area contributed by atoms with Crippen LogP contribution in [0.1, 0.15) is 43.7 Å². The highest BCUT2D eigenvalue weighted by Gasteiger charge is 2.26. The van der Waals surface area contributed by atoms with Gasteiger partial charge in [0.15, 0.2) is 0 Å². The van der Waals surface area contributed by atoms with Crippen molar-refractivity contribution in [3.63, 3.8) is 0 Å². The minimum atomic E-state index is 0.561. The molecule has 2 rings (SSSR count). The molecule has 1 aliphatic carbocycles. The lowest BCUT2D eigenvalue weighted by atomic mass is 9.84. The number of nitrogens with zero attached hydrogens (tertiary/aromatic N) is 2. The van der Waals surface area contributed by atoms with Crippen LogP contribution in [-0.2, 0) is 6.54 Å². The average Bonchev–Trinajstić information content (AvgIpc) is 2.47. The summed E-state index contributed by atoms with van der Waals surface area (Å²) in [6.07, 6.45) is 5.19. The van der Waals surface area contributed by atoms with Gasteiger partial charge in [-0.1, -0.05) is 25.8 Å². The number of hydrogen-bond donors (Lipinski definition) is 1. The number of nitrogens with one attached hydrogen (secondary N) is 1. The van der Waals surface area contributed by atoms with Gasteiger partial charge in [-0.05, 0) is 43.5 Å². The van der Waals surface area contributed by atoms with Crippen molar-refractivity contribution in [1.82, 2.24) is 5.32 Å². The maximum atomic E-state index is 9.43. The fraction of sp³-hybridized carbons (Fsp3) is 0.588. The van der Waals surface area contributed by atoms with Gasteiger partial charge >= 0.3 is 0 Å². The quantitative estimate of drug-likeness (QED) is 0.913. The largest absolute Gasteiger partial charge is 0.370 e. The third-order valence-electron chi connectivity index (χ3n) is 4.51. The van der Waals surface area contributed by atoms with Crippen LogP contribution in [0.4, 0.5) is 5.69 Å². The van der Waals surface area contributed by atoms with Gasteiger partial charge in [-0.3, -0.25) is 0 Å². The standard InChI is InChI=1S/C17H25N3/c1-13-6-4-5-7-16(13)20(3)17-9-8-14(12-19-2)10-15(17)11-18/h8-10,13,16,19H,4-7,12H2,1-3H3. The second-order valence-corrected chi connectivity index (χ2v) is 5.93. The molecular weight excluding hydrogens is 246 g/mol. The van der Waals surface area contributed by atoms with E-state index in [0.717, 1.165) is 23.4 Å². The zero-order valence-corrected chi connectivity index (χ0v) is 12.8. The summed E-state index contributed by atoms with van der Waals surface area (Å²) in [6.45, 7) is 3.14. The lowest BCUT2D eigenvalue weighted by molar-refractivity contribution is 0.321. The molecule has 0 aliphatic heterocycles. The van der Waals surface area contributed by atoms with Gasteiger partial charge in [0.1, 0.15) is 6.07 Å². The molecule has 0 aromatic heterocycles. The van der Waals surface area contributed by atoms with Gasteiger partial charge in [0.2, 0.25) is 0 Å². The summed E-state index contributed by atoms with van der Waals surface area (Å²) in [6, 6.07) is 9.16. The number of nitriles is 1. The lowest BCUT2D eigenvalue weighted by Crippen LogP contribution is -2.39. The van der Waals surface area contributed by atoms with E-state index in [1.165, 1.54) is 25.7 Å². The van der Waals surface area contributed by atoms with Gasteiger partial charge < -0.3 is 10.2 Å². The van der Waals surface area contributed by atoms with E-state index in [2.05, 4.69) is 42.4 Å². The van der Waals surface area contributed by atoms with Crippen LogP contribution >= 0.6 is 0 Å². The molecule has 0 amide bonds. The summed E-state index contributed by atoms with van der Waals surface area (Å²) in [4.78, 5) is 2.32. The van der Waals surface area contributed by atoms with E-state index < -0.39 is 0 Å². The zero-order valence-electron chi connectivity index (χ0n) is 12.8. The molecule has 2 atom stereocenters. The van der Waals surface area contributed by atoms with Crippen molar-refractivity contribution in [3.05, 3.63) is 29.3 Å². The summed E-state index contributed by atoms with van der Waals surface area (Å²) < 4.78 is 0. The molecule has 1 aromatic carbocycles. The number of rotatable bonds is 4. The van der Waals surface area contributed by atoms with E-state index >= 15 is 0 Å². The Labute approximate surface area is 122 Å². The van der Waals surface area contributed by atoms with Crippen molar-refractivity contribution in [2.45, 2.75) is 45.2 Å². The first kappa shape index (κ1) is 14.9. The Morgan fingerprint density at radius 3 is 2.75 bits per heavy atom. The summed E-state index contributed by atoms with van der Waals surface area (Å²) in [7, 11) is 4.07. The predicted octanol–water partition coefficient (Wildman–Crippen LogP) is 3.29. The molecule has 1 aromatic rings. The van der Waals surface area contributed by atoms with Crippen molar-refractivity contribution < 1.29 is 0 Å². The van der Waals surface area contributed by atoms with Crippen LogP contribution in [0, 0.1) is 17.2 Å². The molecule has 1 aliphatic rings. The Balaban J connectivity index is 2.24. The highest BCUT2D eigenvalue weighted by atomic mass is 15.1. The molecule has 0 radical (unpaired) electrons. The number of hydrogen-bond acceptors (Lipinski definition) is 3.